The lowest BCUT2D eigenvalue weighted by molar-refractivity contribution is 0.0735. The van der Waals surface area contributed by atoms with Gasteiger partial charge in [-0.2, -0.15) is 5.10 Å². The van der Waals surface area contributed by atoms with Crippen LogP contribution in [0, 0.1) is 6.92 Å². The molecule has 0 bridgehead atoms. The van der Waals surface area contributed by atoms with Crippen molar-refractivity contribution in [2.45, 2.75) is 6.92 Å². The first-order valence-electron chi connectivity index (χ1n) is 8.01. The molecule has 7 heteroatoms. The van der Waals surface area contributed by atoms with Gasteiger partial charge in [0.1, 0.15) is 5.69 Å². The molecule has 6 nitrogen and oxygen atoms in total. The molecule has 0 N–H and O–H groups in total. The Labute approximate surface area is 144 Å². The molecule has 3 aromatic rings. The number of hydrogen-bond donors (Lipinski definition) is 0. The number of aryl methyl sites for hydroxylation is 2. The van der Waals surface area contributed by atoms with Crippen LogP contribution in [0.2, 0.25) is 0 Å². The van der Waals surface area contributed by atoms with Crippen molar-refractivity contribution in [2.75, 3.05) is 31.1 Å². The van der Waals surface area contributed by atoms with Crippen LogP contribution in [0.15, 0.2) is 30.5 Å². The van der Waals surface area contributed by atoms with E-state index >= 15 is 0 Å². The molecule has 3 heterocycles. The highest BCUT2D eigenvalue weighted by Gasteiger charge is 2.25. The summed E-state index contributed by atoms with van der Waals surface area (Å²) in [5.41, 5.74) is 2.94. The second kappa shape index (κ2) is 5.90. The number of benzene rings is 1. The van der Waals surface area contributed by atoms with Gasteiger partial charge in [0.05, 0.1) is 10.2 Å². The van der Waals surface area contributed by atoms with Gasteiger partial charge in [0, 0.05) is 39.4 Å². The van der Waals surface area contributed by atoms with Gasteiger partial charge in [-0.3, -0.25) is 9.48 Å². The van der Waals surface area contributed by atoms with E-state index in [1.54, 1.807) is 35.3 Å². The van der Waals surface area contributed by atoms with Gasteiger partial charge < -0.3 is 9.80 Å². The molecule has 0 spiro atoms. The minimum absolute atomic E-state index is 0.0505. The molecule has 0 aliphatic carbocycles. The summed E-state index contributed by atoms with van der Waals surface area (Å²) in [6.07, 6.45) is 1.66. The number of thiazole rings is 1. The number of carbonyl (C=O) groups excluding carboxylic acids is 1. The van der Waals surface area contributed by atoms with Crippen LogP contribution in [0.1, 0.15) is 16.1 Å². The van der Waals surface area contributed by atoms with Crippen molar-refractivity contribution in [3.05, 3.63) is 41.7 Å². The molecule has 1 aliphatic heterocycles. The lowest BCUT2D eigenvalue weighted by Gasteiger charge is -2.34. The Bertz CT molecular complexity index is 891. The van der Waals surface area contributed by atoms with Crippen molar-refractivity contribution in [1.82, 2.24) is 19.7 Å². The average Bonchev–Trinajstić information content (AvgIpc) is 3.20. The number of aromatic nitrogens is 3. The third-order valence-electron chi connectivity index (χ3n) is 4.41. The van der Waals surface area contributed by atoms with Crippen LogP contribution in [-0.4, -0.2) is 51.8 Å². The second-order valence-corrected chi connectivity index (χ2v) is 7.10. The fraction of sp³-hybridized carbons (Fsp3) is 0.353. The van der Waals surface area contributed by atoms with Crippen LogP contribution in [0.25, 0.3) is 10.2 Å². The van der Waals surface area contributed by atoms with E-state index in [0.29, 0.717) is 18.8 Å². The first kappa shape index (κ1) is 15.1. The average molecular weight is 341 g/mol. The fourth-order valence-electron chi connectivity index (χ4n) is 3.00. The Balaban J connectivity index is 1.47. The molecule has 124 valence electrons. The molecule has 24 heavy (non-hydrogen) atoms. The summed E-state index contributed by atoms with van der Waals surface area (Å²) in [5.74, 6) is 0.0505. The van der Waals surface area contributed by atoms with Gasteiger partial charge in [-0.15, -0.1) is 0 Å². The summed E-state index contributed by atoms with van der Waals surface area (Å²) in [7, 11) is 1.80. The summed E-state index contributed by atoms with van der Waals surface area (Å²) >= 11 is 1.73. The van der Waals surface area contributed by atoms with Crippen LogP contribution in [0.5, 0.6) is 0 Å². The van der Waals surface area contributed by atoms with Crippen molar-refractivity contribution in [2.24, 2.45) is 7.05 Å². The van der Waals surface area contributed by atoms with Crippen LogP contribution in [0.4, 0.5) is 5.13 Å². The Kier molecular flexibility index (Phi) is 3.72. The van der Waals surface area contributed by atoms with Crippen LogP contribution in [0.3, 0.4) is 0 Å². The van der Waals surface area contributed by atoms with E-state index in [0.717, 1.165) is 23.7 Å². The molecule has 1 amide bonds. The smallest absolute Gasteiger partial charge is 0.272 e. The summed E-state index contributed by atoms with van der Waals surface area (Å²) in [5, 5.41) is 5.12. The largest absolute Gasteiger partial charge is 0.345 e. The monoisotopic (exact) mass is 341 g/mol. The number of piperazine rings is 1. The lowest BCUT2D eigenvalue weighted by Crippen LogP contribution is -2.49. The molecule has 4 rings (SSSR count). The number of nitrogens with zero attached hydrogens (tertiary/aromatic N) is 5. The van der Waals surface area contributed by atoms with Crippen LogP contribution < -0.4 is 4.90 Å². The molecule has 0 radical (unpaired) electrons. The standard InChI is InChI=1S/C17H19N5OS/c1-12-3-4-13-15(11-12)24-17(19-13)22-9-7-21(8-10-22)16(23)14-5-6-18-20(14)2/h3-6,11H,7-10H2,1-2H3. The molecule has 0 atom stereocenters. The number of anilines is 1. The van der Waals surface area contributed by atoms with Crippen molar-refractivity contribution in [3.63, 3.8) is 0 Å². The maximum absolute atomic E-state index is 12.5. The molecule has 1 aromatic carbocycles. The quantitative estimate of drug-likeness (QED) is 0.718. The van der Waals surface area contributed by atoms with Gasteiger partial charge in [-0.1, -0.05) is 17.4 Å². The predicted molar refractivity (Wildman–Crippen MR) is 95.7 cm³/mol. The molecular weight excluding hydrogens is 322 g/mol. The maximum atomic E-state index is 12.5. The highest BCUT2D eigenvalue weighted by Crippen LogP contribution is 2.30. The Hall–Kier alpha value is -2.41. The van der Waals surface area contributed by atoms with Gasteiger partial charge in [-0.25, -0.2) is 4.98 Å². The molecule has 0 saturated carbocycles. The van der Waals surface area contributed by atoms with E-state index in [1.807, 2.05) is 4.90 Å². The van der Waals surface area contributed by atoms with E-state index in [9.17, 15) is 4.79 Å². The van der Waals surface area contributed by atoms with E-state index in [-0.39, 0.29) is 5.91 Å². The van der Waals surface area contributed by atoms with Gasteiger partial charge in [-0.05, 0) is 30.7 Å². The summed E-state index contributed by atoms with van der Waals surface area (Å²) in [4.78, 5) is 21.4. The topological polar surface area (TPSA) is 54.3 Å². The lowest BCUT2D eigenvalue weighted by atomic mass is 10.2. The van der Waals surface area contributed by atoms with Crippen molar-refractivity contribution in [1.29, 1.82) is 0 Å². The summed E-state index contributed by atoms with van der Waals surface area (Å²) < 4.78 is 2.85. The Morgan fingerprint density at radius 1 is 1.17 bits per heavy atom. The SMILES string of the molecule is Cc1ccc2nc(N3CCN(C(=O)c4ccnn4C)CC3)sc2c1. The van der Waals surface area contributed by atoms with Gasteiger partial charge >= 0.3 is 0 Å². The van der Waals surface area contributed by atoms with Gasteiger partial charge in [0.15, 0.2) is 5.13 Å². The Morgan fingerprint density at radius 3 is 2.67 bits per heavy atom. The normalized spacial score (nSPS) is 15.2. The molecule has 2 aromatic heterocycles. The molecule has 1 saturated heterocycles. The van der Waals surface area contributed by atoms with E-state index in [2.05, 4.69) is 35.1 Å². The third kappa shape index (κ3) is 2.65. The first-order chi connectivity index (χ1) is 11.6. The number of hydrogen-bond acceptors (Lipinski definition) is 5. The maximum Gasteiger partial charge on any atom is 0.272 e. The number of rotatable bonds is 2. The first-order valence-corrected chi connectivity index (χ1v) is 8.83. The zero-order valence-electron chi connectivity index (χ0n) is 13.8. The van der Waals surface area contributed by atoms with Gasteiger partial charge in [0.25, 0.3) is 5.91 Å². The highest BCUT2D eigenvalue weighted by atomic mass is 32.1. The second-order valence-electron chi connectivity index (χ2n) is 6.09. The Morgan fingerprint density at radius 2 is 1.96 bits per heavy atom. The van der Waals surface area contributed by atoms with Crippen molar-refractivity contribution < 1.29 is 4.79 Å². The number of amides is 1. The van der Waals surface area contributed by atoms with E-state index in [1.165, 1.54) is 10.3 Å². The zero-order chi connectivity index (χ0) is 16.7. The fourth-order valence-corrected chi connectivity index (χ4v) is 4.12. The van der Waals surface area contributed by atoms with E-state index in [4.69, 9.17) is 4.98 Å². The third-order valence-corrected chi connectivity index (χ3v) is 5.49. The highest BCUT2D eigenvalue weighted by molar-refractivity contribution is 7.22. The molecule has 0 unspecified atom stereocenters. The summed E-state index contributed by atoms with van der Waals surface area (Å²) in [6, 6.07) is 8.12. The molecule has 1 fully saturated rings. The van der Waals surface area contributed by atoms with Crippen LogP contribution in [-0.2, 0) is 7.05 Å². The number of carbonyl (C=O) groups is 1. The van der Waals surface area contributed by atoms with Crippen LogP contribution >= 0.6 is 11.3 Å². The minimum Gasteiger partial charge on any atom is -0.345 e. The predicted octanol–water partition coefficient (Wildman–Crippen LogP) is 2.30. The van der Waals surface area contributed by atoms with Crippen molar-refractivity contribution in [3.8, 4) is 0 Å². The minimum atomic E-state index is 0.0505. The van der Waals surface area contributed by atoms with Crippen molar-refractivity contribution >= 4 is 32.6 Å². The zero-order valence-corrected chi connectivity index (χ0v) is 14.6. The summed E-state index contributed by atoms with van der Waals surface area (Å²) in [6.45, 7) is 5.13. The van der Waals surface area contributed by atoms with Gasteiger partial charge in [0.2, 0.25) is 0 Å². The van der Waals surface area contributed by atoms with E-state index < -0.39 is 0 Å². The molecule has 1 aliphatic rings. The molecular formula is C17H19N5OS. The number of fused-ring (bicyclic) bond motifs is 1.